The third-order valence-electron chi connectivity index (χ3n) is 2.17. The number of amides is 1. The third kappa shape index (κ3) is 2.63. The Morgan fingerprint density at radius 3 is 2.82 bits per heavy atom. The van der Waals surface area contributed by atoms with Crippen molar-refractivity contribution in [2.75, 3.05) is 5.32 Å². The zero-order valence-corrected chi connectivity index (χ0v) is 9.14. The monoisotopic (exact) mass is 231 g/mol. The van der Waals surface area contributed by atoms with Crippen molar-refractivity contribution in [3.8, 4) is 0 Å². The van der Waals surface area contributed by atoms with Crippen LogP contribution in [0.4, 0.5) is 10.1 Å². The summed E-state index contributed by atoms with van der Waals surface area (Å²) in [6.07, 6.45) is 3.13. The minimum Gasteiger partial charge on any atom is -0.319 e. The minimum atomic E-state index is -0.428. The molecule has 2 heterocycles. The molecule has 0 saturated carbocycles. The van der Waals surface area contributed by atoms with E-state index in [4.69, 9.17) is 0 Å². The number of hydrogen-bond acceptors (Lipinski definition) is 3. The zero-order valence-electron chi connectivity index (χ0n) is 9.14. The van der Waals surface area contributed by atoms with Crippen LogP contribution in [0.2, 0.25) is 0 Å². The quantitative estimate of drug-likeness (QED) is 0.861. The molecule has 4 nitrogen and oxygen atoms in total. The molecule has 0 radical (unpaired) electrons. The molecule has 0 atom stereocenters. The maximum absolute atomic E-state index is 13.0. The van der Waals surface area contributed by atoms with Crippen molar-refractivity contribution in [2.45, 2.75) is 6.92 Å². The van der Waals surface area contributed by atoms with E-state index >= 15 is 0 Å². The van der Waals surface area contributed by atoms with Gasteiger partial charge in [0, 0.05) is 6.20 Å². The van der Waals surface area contributed by atoms with Gasteiger partial charge < -0.3 is 5.32 Å². The first-order chi connectivity index (χ1) is 8.16. The van der Waals surface area contributed by atoms with Crippen molar-refractivity contribution < 1.29 is 9.18 Å². The van der Waals surface area contributed by atoms with Crippen LogP contribution in [0.15, 0.2) is 36.7 Å². The first kappa shape index (κ1) is 11.2. The summed E-state index contributed by atoms with van der Waals surface area (Å²) in [5.74, 6) is -0.816. The Bertz CT molecular complexity index is 543. The summed E-state index contributed by atoms with van der Waals surface area (Å²) in [5.41, 5.74) is 0.942. The average molecular weight is 231 g/mol. The van der Waals surface area contributed by atoms with Crippen LogP contribution in [-0.4, -0.2) is 15.9 Å². The van der Waals surface area contributed by atoms with Crippen LogP contribution in [0.25, 0.3) is 0 Å². The molecule has 0 aromatic carbocycles. The Hall–Kier alpha value is -2.30. The standard InChI is InChI=1S/C12H10FN3O/c1-8-10(13)4-5-11(15-8)12(17)16-9-3-2-6-14-7-9/h2-7H,1H3,(H,16,17). The fraction of sp³-hybridized carbons (Fsp3) is 0.0833. The van der Waals surface area contributed by atoms with Crippen molar-refractivity contribution in [1.82, 2.24) is 9.97 Å². The van der Waals surface area contributed by atoms with Gasteiger partial charge in [-0.1, -0.05) is 0 Å². The molecule has 0 bridgehead atoms. The molecule has 86 valence electrons. The summed E-state index contributed by atoms with van der Waals surface area (Å²) < 4.78 is 13.0. The van der Waals surface area contributed by atoms with Gasteiger partial charge in [-0.3, -0.25) is 9.78 Å². The second-order valence-corrected chi connectivity index (χ2v) is 3.46. The van der Waals surface area contributed by atoms with Gasteiger partial charge in [0.2, 0.25) is 0 Å². The highest BCUT2D eigenvalue weighted by molar-refractivity contribution is 6.02. The second kappa shape index (κ2) is 4.69. The number of carbonyl (C=O) groups excluding carboxylic acids is 1. The van der Waals surface area contributed by atoms with E-state index in [0.29, 0.717) is 5.69 Å². The van der Waals surface area contributed by atoms with E-state index in [1.807, 2.05) is 0 Å². The average Bonchev–Trinajstić information content (AvgIpc) is 2.34. The summed E-state index contributed by atoms with van der Waals surface area (Å²) in [7, 11) is 0. The second-order valence-electron chi connectivity index (χ2n) is 3.46. The Kier molecular flexibility index (Phi) is 3.09. The van der Waals surface area contributed by atoms with E-state index in [9.17, 15) is 9.18 Å². The number of anilines is 1. The number of carbonyl (C=O) groups is 1. The molecule has 0 saturated heterocycles. The summed E-state index contributed by atoms with van der Waals surface area (Å²) in [6, 6.07) is 5.98. The molecule has 0 fully saturated rings. The number of rotatable bonds is 2. The van der Waals surface area contributed by atoms with Crippen LogP contribution in [0.3, 0.4) is 0 Å². The van der Waals surface area contributed by atoms with Crippen LogP contribution in [0, 0.1) is 12.7 Å². The Labute approximate surface area is 97.5 Å². The molecule has 0 aliphatic rings. The van der Waals surface area contributed by atoms with Gasteiger partial charge in [0.15, 0.2) is 0 Å². The summed E-state index contributed by atoms with van der Waals surface area (Å²) in [6.45, 7) is 1.51. The lowest BCUT2D eigenvalue weighted by Crippen LogP contribution is -2.14. The highest BCUT2D eigenvalue weighted by Crippen LogP contribution is 2.08. The lowest BCUT2D eigenvalue weighted by atomic mass is 10.3. The zero-order chi connectivity index (χ0) is 12.3. The number of pyridine rings is 2. The Morgan fingerprint density at radius 2 is 2.18 bits per heavy atom. The largest absolute Gasteiger partial charge is 0.319 e. The smallest absolute Gasteiger partial charge is 0.274 e. The molecule has 2 aromatic rings. The van der Waals surface area contributed by atoms with E-state index in [2.05, 4.69) is 15.3 Å². The van der Waals surface area contributed by atoms with Crippen LogP contribution in [0.5, 0.6) is 0 Å². The highest BCUT2D eigenvalue weighted by Gasteiger charge is 2.09. The van der Waals surface area contributed by atoms with Crippen LogP contribution >= 0.6 is 0 Å². The summed E-state index contributed by atoms with van der Waals surface area (Å²) in [5, 5.41) is 2.62. The van der Waals surface area contributed by atoms with Gasteiger partial charge in [-0.15, -0.1) is 0 Å². The number of halogens is 1. The van der Waals surface area contributed by atoms with Gasteiger partial charge in [-0.2, -0.15) is 0 Å². The van der Waals surface area contributed by atoms with Gasteiger partial charge >= 0.3 is 0 Å². The van der Waals surface area contributed by atoms with E-state index in [1.165, 1.54) is 25.3 Å². The summed E-state index contributed by atoms with van der Waals surface area (Å²) in [4.78, 5) is 19.5. The van der Waals surface area contributed by atoms with Crippen molar-refractivity contribution in [3.05, 3.63) is 53.9 Å². The predicted molar refractivity (Wildman–Crippen MR) is 61.1 cm³/mol. The van der Waals surface area contributed by atoms with Gasteiger partial charge in [0.05, 0.1) is 17.6 Å². The van der Waals surface area contributed by atoms with E-state index in [1.54, 1.807) is 18.3 Å². The minimum absolute atomic E-state index is 0.174. The predicted octanol–water partition coefficient (Wildman–Crippen LogP) is 2.18. The molecule has 5 heteroatoms. The van der Waals surface area contributed by atoms with Crippen molar-refractivity contribution in [1.29, 1.82) is 0 Å². The molecule has 0 aliphatic heterocycles. The maximum atomic E-state index is 13.0. The Balaban J connectivity index is 2.18. The molecular weight excluding hydrogens is 221 g/mol. The van der Waals surface area contributed by atoms with E-state index < -0.39 is 5.82 Å². The van der Waals surface area contributed by atoms with Crippen LogP contribution in [-0.2, 0) is 0 Å². The first-order valence-electron chi connectivity index (χ1n) is 5.01. The van der Waals surface area contributed by atoms with Crippen LogP contribution < -0.4 is 5.32 Å². The summed E-state index contributed by atoms with van der Waals surface area (Å²) >= 11 is 0. The molecular formula is C12H10FN3O. The molecule has 0 aliphatic carbocycles. The molecule has 2 rings (SSSR count). The third-order valence-corrected chi connectivity index (χ3v) is 2.17. The van der Waals surface area contributed by atoms with Crippen molar-refractivity contribution >= 4 is 11.6 Å². The number of hydrogen-bond donors (Lipinski definition) is 1. The molecule has 17 heavy (non-hydrogen) atoms. The lowest BCUT2D eigenvalue weighted by Gasteiger charge is -2.04. The first-order valence-corrected chi connectivity index (χ1v) is 5.01. The SMILES string of the molecule is Cc1nc(C(=O)Nc2cccnc2)ccc1F. The van der Waals surface area contributed by atoms with E-state index in [0.717, 1.165) is 0 Å². The Morgan fingerprint density at radius 1 is 1.35 bits per heavy atom. The van der Waals surface area contributed by atoms with Crippen molar-refractivity contribution in [2.24, 2.45) is 0 Å². The molecule has 2 aromatic heterocycles. The number of aromatic nitrogens is 2. The van der Waals surface area contributed by atoms with Gasteiger partial charge in [-0.05, 0) is 31.2 Å². The molecule has 0 unspecified atom stereocenters. The van der Waals surface area contributed by atoms with Gasteiger partial charge in [-0.25, -0.2) is 9.37 Å². The van der Waals surface area contributed by atoms with E-state index in [-0.39, 0.29) is 17.3 Å². The number of nitrogens with zero attached hydrogens (tertiary/aromatic N) is 2. The highest BCUT2D eigenvalue weighted by atomic mass is 19.1. The number of nitrogens with one attached hydrogen (secondary N) is 1. The van der Waals surface area contributed by atoms with Gasteiger partial charge in [0.1, 0.15) is 11.5 Å². The molecule has 1 N–H and O–H groups in total. The topological polar surface area (TPSA) is 54.9 Å². The maximum Gasteiger partial charge on any atom is 0.274 e. The molecule has 0 spiro atoms. The van der Waals surface area contributed by atoms with Crippen molar-refractivity contribution in [3.63, 3.8) is 0 Å². The molecule has 1 amide bonds. The fourth-order valence-corrected chi connectivity index (χ4v) is 1.30. The normalized spacial score (nSPS) is 10.0. The number of aryl methyl sites for hydroxylation is 1. The lowest BCUT2D eigenvalue weighted by molar-refractivity contribution is 0.102. The fourth-order valence-electron chi connectivity index (χ4n) is 1.30. The van der Waals surface area contributed by atoms with Gasteiger partial charge in [0.25, 0.3) is 5.91 Å². The van der Waals surface area contributed by atoms with Crippen LogP contribution in [0.1, 0.15) is 16.2 Å².